The van der Waals surface area contributed by atoms with Gasteiger partial charge >= 0.3 is 0 Å². The molecule has 0 bridgehead atoms. The van der Waals surface area contributed by atoms with Gasteiger partial charge in [0.05, 0.1) is 0 Å². The third-order valence-electron chi connectivity index (χ3n) is 4.21. The highest BCUT2D eigenvalue weighted by atomic mass is 32.1. The molecular weight excluding hydrogens is 250 g/mol. The predicted octanol–water partition coefficient (Wildman–Crippen LogP) is 5.04. The third-order valence-corrected chi connectivity index (χ3v) is 5.27. The van der Waals surface area contributed by atoms with Crippen LogP contribution < -0.4 is 5.32 Å². The fraction of sp³-hybridized carbons (Fsp3) is 0.412. The van der Waals surface area contributed by atoms with Gasteiger partial charge in [-0.1, -0.05) is 37.3 Å². The summed E-state index contributed by atoms with van der Waals surface area (Å²) in [7, 11) is 0. The van der Waals surface area contributed by atoms with Gasteiger partial charge in [0.15, 0.2) is 0 Å². The molecule has 2 heteroatoms. The molecule has 3 rings (SSSR count). The lowest BCUT2D eigenvalue weighted by Crippen LogP contribution is -2.28. The van der Waals surface area contributed by atoms with Gasteiger partial charge in [-0.25, -0.2) is 0 Å². The Bertz CT molecular complexity index is 532. The Labute approximate surface area is 119 Å². The maximum absolute atomic E-state index is 3.81. The minimum atomic E-state index is 0.437. The second-order valence-electron chi connectivity index (χ2n) is 5.56. The van der Waals surface area contributed by atoms with E-state index in [1.54, 1.807) is 0 Å². The van der Waals surface area contributed by atoms with Gasteiger partial charge in [-0.15, -0.1) is 11.3 Å². The van der Waals surface area contributed by atoms with Crippen LogP contribution in [0.2, 0.25) is 0 Å². The molecule has 100 valence electrons. The van der Waals surface area contributed by atoms with E-state index in [4.69, 9.17) is 0 Å². The van der Waals surface area contributed by atoms with Crippen molar-refractivity contribution in [2.75, 3.05) is 0 Å². The topological polar surface area (TPSA) is 12.0 Å². The Morgan fingerprint density at radius 3 is 2.63 bits per heavy atom. The molecule has 0 spiro atoms. The average Bonchev–Trinajstić information content (AvgIpc) is 2.96. The van der Waals surface area contributed by atoms with Gasteiger partial charge < -0.3 is 5.32 Å². The van der Waals surface area contributed by atoms with Crippen LogP contribution in [-0.4, -0.2) is 0 Å². The predicted molar refractivity (Wildman–Crippen MR) is 82.7 cm³/mol. The summed E-state index contributed by atoms with van der Waals surface area (Å²) in [5.41, 5.74) is 3.04. The molecule has 3 atom stereocenters. The molecule has 1 aliphatic carbocycles. The van der Waals surface area contributed by atoms with Crippen molar-refractivity contribution in [3.8, 4) is 0 Å². The van der Waals surface area contributed by atoms with Crippen LogP contribution in [0.25, 0.3) is 0 Å². The van der Waals surface area contributed by atoms with Crippen molar-refractivity contribution in [1.29, 1.82) is 0 Å². The van der Waals surface area contributed by atoms with Gasteiger partial charge in [0.1, 0.15) is 0 Å². The molecule has 0 saturated carbocycles. The number of benzene rings is 1. The summed E-state index contributed by atoms with van der Waals surface area (Å²) in [6.45, 7) is 4.62. The van der Waals surface area contributed by atoms with Crippen LogP contribution in [0, 0.1) is 0 Å². The average molecular weight is 271 g/mol. The normalized spacial score (nSPS) is 23.9. The number of nitrogens with one attached hydrogen (secondary N) is 1. The number of rotatable bonds is 3. The van der Waals surface area contributed by atoms with Crippen LogP contribution in [0.3, 0.4) is 0 Å². The van der Waals surface area contributed by atoms with E-state index in [2.05, 4.69) is 60.9 Å². The van der Waals surface area contributed by atoms with Crippen molar-refractivity contribution in [3.05, 3.63) is 57.8 Å². The first-order valence-electron chi connectivity index (χ1n) is 7.14. The maximum atomic E-state index is 3.81. The van der Waals surface area contributed by atoms with Crippen LogP contribution >= 0.6 is 11.3 Å². The molecule has 1 aromatic carbocycles. The first kappa shape index (κ1) is 12.9. The lowest BCUT2D eigenvalue weighted by Gasteiger charge is -2.32. The molecule has 2 aromatic rings. The Balaban J connectivity index is 1.81. The van der Waals surface area contributed by atoms with Gasteiger partial charge in [0.2, 0.25) is 0 Å². The minimum Gasteiger partial charge on any atom is -0.303 e. The molecule has 1 heterocycles. The summed E-state index contributed by atoms with van der Waals surface area (Å²) in [4.78, 5) is 1.43. The second kappa shape index (κ2) is 5.48. The summed E-state index contributed by atoms with van der Waals surface area (Å²) >= 11 is 1.84. The summed E-state index contributed by atoms with van der Waals surface area (Å²) in [6.07, 6.45) is 2.53. The number of fused-ring (bicyclic) bond motifs is 1. The SMILES string of the molecule is CC1CCC(NC(C)c2cccs2)c2ccccc21. The Kier molecular flexibility index (Phi) is 3.72. The zero-order valence-corrected chi connectivity index (χ0v) is 12.4. The minimum absolute atomic E-state index is 0.437. The van der Waals surface area contributed by atoms with Gasteiger partial charge in [-0.05, 0) is 48.3 Å². The fourth-order valence-corrected chi connectivity index (χ4v) is 3.84. The van der Waals surface area contributed by atoms with Crippen molar-refractivity contribution in [3.63, 3.8) is 0 Å². The van der Waals surface area contributed by atoms with Crippen molar-refractivity contribution < 1.29 is 0 Å². The highest BCUT2D eigenvalue weighted by Crippen LogP contribution is 2.38. The van der Waals surface area contributed by atoms with Crippen LogP contribution in [0.15, 0.2) is 41.8 Å². The van der Waals surface area contributed by atoms with E-state index in [1.807, 2.05) is 11.3 Å². The lowest BCUT2D eigenvalue weighted by atomic mass is 9.81. The van der Waals surface area contributed by atoms with Crippen LogP contribution in [0.1, 0.15) is 60.7 Å². The van der Waals surface area contributed by atoms with Crippen molar-refractivity contribution in [2.24, 2.45) is 0 Å². The lowest BCUT2D eigenvalue weighted by molar-refractivity contribution is 0.398. The van der Waals surface area contributed by atoms with Gasteiger partial charge in [-0.3, -0.25) is 0 Å². The molecule has 0 aliphatic heterocycles. The van der Waals surface area contributed by atoms with Crippen molar-refractivity contribution in [1.82, 2.24) is 5.32 Å². The summed E-state index contributed by atoms with van der Waals surface area (Å²) in [6, 6.07) is 14.2. The summed E-state index contributed by atoms with van der Waals surface area (Å²) < 4.78 is 0. The Morgan fingerprint density at radius 1 is 1.11 bits per heavy atom. The molecule has 0 fully saturated rings. The van der Waals surface area contributed by atoms with Crippen LogP contribution in [0.5, 0.6) is 0 Å². The van der Waals surface area contributed by atoms with Gasteiger partial charge in [0.25, 0.3) is 0 Å². The highest BCUT2D eigenvalue weighted by molar-refractivity contribution is 7.10. The molecule has 3 unspecified atom stereocenters. The smallest absolute Gasteiger partial charge is 0.0391 e. The number of hydrogen-bond acceptors (Lipinski definition) is 2. The van der Waals surface area contributed by atoms with E-state index in [0.29, 0.717) is 18.0 Å². The molecule has 0 amide bonds. The highest BCUT2D eigenvalue weighted by Gasteiger charge is 2.25. The summed E-state index contributed by atoms with van der Waals surface area (Å²) in [5, 5.41) is 5.97. The first-order chi connectivity index (χ1) is 9.25. The van der Waals surface area contributed by atoms with E-state index in [-0.39, 0.29) is 0 Å². The van der Waals surface area contributed by atoms with E-state index < -0.39 is 0 Å². The van der Waals surface area contributed by atoms with Crippen LogP contribution in [-0.2, 0) is 0 Å². The number of thiophene rings is 1. The van der Waals surface area contributed by atoms with E-state index in [0.717, 1.165) is 0 Å². The van der Waals surface area contributed by atoms with Gasteiger partial charge in [0, 0.05) is 17.0 Å². The summed E-state index contributed by atoms with van der Waals surface area (Å²) in [5.74, 6) is 0.700. The van der Waals surface area contributed by atoms with E-state index in [9.17, 15) is 0 Å². The van der Waals surface area contributed by atoms with Gasteiger partial charge in [-0.2, -0.15) is 0 Å². The molecule has 1 aromatic heterocycles. The number of hydrogen-bond donors (Lipinski definition) is 1. The Morgan fingerprint density at radius 2 is 1.89 bits per heavy atom. The molecule has 1 N–H and O–H groups in total. The van der Waals surface area contributed by atoms with E-state index >= 15 is 0 Å². The van der Waals surface area contributed by atoms with E-state index in [1.165, 1.54) is 28.8 Å². The first-order valence-corrected chi connectivity index (χ1v) is 8.02. The standard InChI is InChI=1S/C17H21NS/c1-12-9-10-16(15-7-4-3-6-14(12)15)18-13(2)17-8-5-11-19-17/h3-8,11-13,16,18H,9-10H2,1-2H3. The fourth-order valence-electron chi connectivity index (χ4n) is 3.10. The third kappa shape index (κ3) is 2.60. The zero-order valence-electron chi connectivity index (χ0n) is 11.6. The monoisotopic (exact) mass is 271 g/mol. The molecule has 0 saturated heterocycles. The molecule has 1 nitrogen and oxygen atoms in total. The molecule has 0 radical (unpaired) electrons. The Hall–Kier alpha value is -1.12. The largest absolute Gasteiger partial charge is 0.303 e. The van der Waals surface area contributed by atoms with Crippen LogP contribution in [0.4, 0.5) is 0 Å². The maximum Gasteiger partial charge on any atom is 0.0391 e. The molecule has 19 heavy (non-hydrogen) atoms. The second-order valence-corrected chi connectivity index (χ2v) is 6.54. The van der Waals surface area contributed by atoms with Crippen molar-refractivity contribution >= 4 is 11.3 Å². The molecule has 1 aliphatic rings. The zero-order chi connectivity index (χ0) is 13.2. The van der Waals surface area contributed by atoms with Crippen molar-refractivity contribution in [2.45, 2.75) is 44.7 Å². The molecular formula is C17H21NS. The quantitative estimate of drug-likeness (QED) is 0.825.